The Kier molecular flexibility index (Phi) is 5.01. The summed E-state index contributed by atoms with van der Waals surface area (Å²) in [6.07, 6.45) is 3.72. The molecule has 1 aromatic carbocycles. The van der Waals surface area contributed by atoms with Crippen molar-refractivity contribution in [3.8, 4) is 5.75 Å². The third-order valence-corrected chi connectivity index (χ3v) is 3.82. The molecule has 0 bridgehead atoms. The van der Waals surface area contributed by atoms with Crippen molar-refractivity contribution in [3.05, 3.63) is 29.8 Å². The van der Waals surface area contributed by atoms with Gasteiger partial charge in [-0.3, -0.25) is 4.79 Å². The number of carbonyl (C=O) groups is 1. The standard InChI is InChI=1S/C16H23NO3/c1-3-8-16(9-5-10-17-16)15(18)20-12-13-6-4-7-14(11-13)19-2/h4,6-7,11,17H,3,5,8-10,12H2,1-2H3. The Morgan fingerprint density at radius 2 is 2.30 bits per heavy atom. The molecule has 1 aliphatic rings. The minimum Gasteiger partial charge on any atom is -0.497 e. The Balaban J connectivity index is 1.96. The first-order valence-electron chi connectivity index (χ1n) is 7.25. The van der Waals surface area contributed by atoms with Crippen molar-refractivity contribution in [2.45, 2.75) is 44.8 Å². The van der Waals surface area contributed by atoms with Gasteiger partial charge in [-0.1, -0.05) is 25.5 Å². The Hall–Kier alpha value is -1.55. The van der Waals surface area contributed by atoms with Crippen LogP contribution >= 0.6 is 0 Å². The van der Waals surface area contributed by atoms with E-state index in [9.17, 15) is 4.79 Å². The van der Waals surface area contributed by atoms with Crippen LogP contribution in [0.1, 0.15) is 38.2 Å². The van der Waals surface area contributed by atoms with Gasteiger partial charge in [0.05, 0.1) is 7.11 Å². The number of hydrogen-bond donors (Lipinski definition) is 1. The van der Waals surface area contributed by atoms with Crippen LogP contribution in [0.5, 0.6) is 5.75 Å². The topological polar surface area (TPSA) is 47.6 Å². The molecule has 4 nitrogen and oxygen atoms in total. The van der Waals surface area contributed by atoms with Gasteiger partial charge in [-0.15, -0.1) is 0 Å². The summed E-state index contributed by atoms with van der Waals surface area (Å²) in [5, 5.41) is 3.33. The third kappa shape index (κ3) is 3.31. The zero-order valence-corrected chi connectivity index (χ0v) is 12.3. The second kappa shape index (κ2) is 6.75. The lowest BCUT2D eigenvalue weighted by molar-refractivity contribution is -0.152. The molecule has 1 fully saturated rings. The highest BCUT2D eigenvalue weighted by atomic mass is 16.5. The van der Waals surface area contributed by atoms with Gasteiger partial charge in [0.2, 0.25) is 0 Å². The molecule has 1 aliphatic heterocycles. The maximum absolute atomic E-state index is 12.4. The normalized spacial score (nSPS) is 21.7. The van der Waals surface area contributed by atoms with Crippen LogP contribution in [0.25, 0.3) is 0 Å². The number of nitrogens with one attached hydrogen (secondary N) is 1. The lowest BCUT2D eigenvalue weighted by Gasteiger charge is -2.26. The molecule has 1 heterocycles. The van der Waals surface area contributed by atoms with Gasteiger partial charge in [-0.25, -0.2) is 0 Å². The van der Waals surface area contributed by atoms with Crippen molar-refractivity contribution in [1.82, 2.24) is 5.32 Å². The van der Waals surface area contributed by atoms with Crippen molar-refractivity contribution < 1.29 is 14.3 Å². The van der Waals surface area contributed by atoms with E-state index in [4.69, 9.17) is 9.47 Å². The molecule has 1 aromatic rings. The first kappa shape index (κ1) is 14.9. The molecule has 0 aromatic heterocycles. The van der Waals surface area contributed by atoms with Crippen molar-refractivity contribution in [2.75, 3.05) is 13.7 Å². The fraction of sp³-hybridized carbons (Fsp3) is 0.562. The number of carbonyl (C=O) groups excluding carboxylic acids is 1. The summed E-state index contributed by atoms with van der Waals surface area (Å²) in [4.78, 5) is 12.4. The second-order valence-corrected chi connectivity index (χ2v) is 5.29. The minimum absolute atomic E-state index is 0.125. The molecule has 0 amide bonds. The van der Waals surface area contributed by atoms with E-state index < -0.39 is 5.54 Å². The molecular formula is C16H23NO3. The summed E-state index contributed by atoms with van der Waals surface area (Å²) in [5.41, 5.74) is 0.482. The third-order valence-electron chi connectivity index (χ3n) is 3.82. The van der Waals surface area contributed by atoms with E-state index in [0.29, 0.717) is 6.61 Å². The van der Waals surface area contributed by atoms with Crippen LogP contribution in [0.15, 0.2) is 24.3 Å². The molecule has 0 saturated carbocycles. The number of benzene rings is 1. The van der Waals surface area contributed by atoms with Crippen molar-refractivity contribution >= 4 is 5.97 Å². The summed E-state index contributed by atoms with van der Waals surface area (Å²) < 4.78 is 10.7. The number of esters is 1. The fourth-order valence-corrected chi connectivity index (χ4v) is 2.77. The van der Waals surface area contributed by atoms with E-state index in [-0.39, 0.29) is 5.97 Å². The average molecular weight is 277 g/mol. The lowest BCUT2D eigenvalue weighted by Crippen LogP contribution is -2.48. The van der Waals surface area contributed by atoms with Crippen molar-refractivity contribution in [2.24, 2.45) is 0 Å². The van der Waals surface area contributed by atoms with E-state index in [1.807, 2.05) is 24.3 Å². The number of hydrogen-bond acceptors (Lipinski definition) is 4. The molecule has 0 aliphatic carbocycles. The monoisotopic (exact) mass is 277 g/mol. The van der Waals surface area contributed by atoms with Crippen LogP contribution in [0.2, 0.25) is 0 Å². The second-order valence-electron chi connectivity index (χ2n) is 5.29. The highest BCUT2D eigenvalue weighted by molar-refractivity contribution is 5.81. The van der Waals surface area contributed by atoms with Gasteiger partial charge >= 0.3 is 5.97 Å². The van der Waals surface area contributed by atoms with Crippen LogP contribution in [0.4, 0.5) is 0 Å². The highest BCUT2D eigenvalue weighted by Crippen LogP contribution is 2.26. The van der Waals surface area contributed by atoms with Gasteiger partial charge in [0.1, 0.15) is 17.9 Å². The van der Waals surface area contributed by atoms with E-state index in [1.54, 1.807) is 7.11 Å². The molecule has 1 unspecified atom stereocenters. The minimum atomic E-state index is -0.465. The molecule has 0 spiro atoms. The predicted molar refractivity (Wildman–Crippen MR) is 77.7 cm³/mol. The van der Waals surface area contributed by atoms with E-state index in [0.717, 1.165) is 43.5 Å². The van der Waals surface area contributed by atoms with E-state index in [2.05, 4.69) is 12.2 Å². The molecule has 0 radical (unpaired) electrons. The maximum atomic E-state index is 12.4. The number of methoxy groups -OCH3 is 1. The van der Waals surface area contributed by atoms with Crippen molar-refractivity contribution in [3.63, 3.8) is 0 Å². The summed E-state index contributed by atoms with van der Waals surface area (Å²) >= 11 is 0. The highest BCUT2D eigenvalue weighted by Gasteiger charge is 2.41. The zero-order chi connectivity index (χ0) is 14.4. The summed E-state index contributed by atoms with van der Waals surface area (Å²) in [6, 6.07) is 7.60. The predicted octanol–water partition coefficient (Wildman–Crippen LogP) is 2.66. The molecule has 2 rings (SSSR count). The van der Waals surface area contributed by atoms with Gasteiger partial charge < -0.3 is 14.8 Å². The first-order valence-corrected chi connectivity index (χ1v) is 7.25. The Labute approximate surface area is 120 Å². The SMILES string of the molecule is CCCC1(C(=O)OCc2cccc(OC)c2)CCCN1. The van der Waals surface area contributed by atoms with Crippen LogP contribution in [0, 0.1) is 0 Å². The molecular weight excluding hydrogens is 254 g/mol. The number of rotatable bonds is 6. The lowest BCUT2D eigenvalue weighted by atomic mass is 9.92. The largest absolute Gasteiger partial charge is 0.497 e. The Morgan fingerprint density at radius 1 is 1.45 bits per heavy atom. The molecule has 1 atom stereocenters. The summed E-state index contributed by atoms with van der Waals surface area (Å²) in [5.74, 6) is 0.653. The quantitative estimate of drug-likeness (QED) is 0.812. The summed E-state index contributed by atoms with van der Waals surface area (Å²) in [6.45, 7) is 3.29. The maximum Gasteiger partial charge on any atom is 0.326 e. The van der Waals surface area contributed by atoms with Gasteiger partial charge in [0.25, 0.3) is 0 Å². The fourth-order valence-electron chi connectivity index (χ4n) is 2.77. The van der Waals surface area contributed by atoms with Crippen LogP contribution in [-0.4, -0.2) is 25.2 Å². The van der Waals surface area contributed by atoms with Crippen LogP contribution in [0.3, 0.4) is 0 Å². The molecule has 1 N–H and O–H groups in total. The van der Waals surface area contributed by atoms with E-state index >= 15 is 0 Å². The molecule has 110 valence electrons. The van der Waals surface area contributed by atoms with Gasteiger partial charge in [0.15, 0.2) is 0 Å². The Morgan fingerprint density at radius 3 is 2.95 bits per heavy atom. The Bertz CT molecular complexity index is 453. The number of ether oxygens (including phenoxy) is 2. The first-order chi connectivity index (χ1) is 9.70. The van der Waals surface area contributed by atoms with Crippen LogP contribution in [-0.2, 0) is 16.1 Å². The van der Waals surface area contributed by atoms with Gasteiger partial charge in [-0.2, -0.15) is 0 Å². The summed E-state index contributed by atoms with van der Waals surface area (Å²) in [7, 11) is 1.63. The van der Waals surface area contributed by atoms with Crippen LogP contribution < -0.4 is 10.1 Å². The average Bonchev–Trinajstić information content (AvgIpc) is 2.95. The van der Waals surface area contributed by atoms with Gasteiger partial charge in [0, 0.05) is 0 Å². The molecule has 4 heteroatoms. The zero-order valence-electron chi connectivity index (χ0n) is 12.3. The molecule has 1 saturated heterocycles. The smallest absolute Gasteiger partial charge is 0.326 e. The van der Waals surface area contributed by atoms with E-state index in [1.165, 1.54) is 0 Å². The van der Waals surface area contributed by atoms with Crippen molar-refractivity contribution in [1.29, 1.82) is 0 Å². The molecule has 20 heavy (non-hydrogen) atoms. The van der Waals surface area contributed by atoms with Gasteiger partial charge in [-0.05, 0) is 43.5 Å².